The number of nitriles is 2. The van der Waals surface area contributed by atoms with Crippen LogP contribution >= 0.6 is 46.4 Å². The van der Waals surface area contributed by atoms with Gasteiger partial charge in [0.15, 0.2) is 17.3 Å². The van der Waals surface area contributed by atoms with Gasteiger partial charge in [-0.05, 0) is 99.5 Å². The first-order valence-electron chi connectivity index (χ1n) is 22.2. The number of hydrogen-bond donors (Lipinski definition) is 2. The van der Waals surface area contributed by atoms with Gasteiger partial charge in [0.2, 0.25) is 20.0 Å². The van der Waals surface area contributed by atoms with E-state index in [-0.39, 0.29) is 69.4 Å². The minimum absolute atomic E-state index is 0.107. The first-order chi connectivity index (χ1) is 34.7. The molecular weight excluding hydrogens is 1050 g/mol. The number of anilines is 2. The Kier molecular flexibility index (Phi) is 15.3. The molecule has 0 amide bonds. The van der Waals surface area contributed by atoms with E-state index in [0.717, 1.165) is 45.9 Å². The van der Waals surface area contributed by atoms with E-state index in [1.807, 2.05) is 72.8 Å². The van der Waals surface area contributed by atoms with E-state index < -0.39 is 30.9 Å². The number of alkyl halides is 2. The van der Waals surface area contributed by atoms with Gasteiger partial charge in [-0.3, -0.25) is 14.4 Å². The van der Waals surface area contributed by atoms with E-state index in [1.54, 1.807) is 36.4 Å². The van der Waals surface area contributed by atoms with Gasteiger partial charge < -0.3 is 9.47 Å². The predicted octanol–water partition coefficient (Wildman–Crippen LogP) is 11.0. The SMILES string of the molecule is CC(CC(C)(c1ccc(-c2ccc3nc(NS(C)(=O)=O)nnc3c2)cc1)c1cc(Cl)c(OCCCl)c(C#N)c1)(c1ccc(-c2ccc3nc(NS(C)(=O)=O)cnc3c2)cc1)c1cc(Cl)c(OCCCl)c(C#N)c1. The third-order valence-corrected chi connectivity index (χ3v) is 14.2. The van der Waals surface area contributed by atoms with Gasteiger partial charge in [-0.25, -0.2) is 26.8 Å². The third kappa shape index (κ3) is 11.7. The fourth-order valence-electron chi connectivity index (χ4n) is 8.83. The van der Waals surface area contributed by atoms with E-state index in [4.69, 9.17) is 55.9 Å². The summed E-state index contributed by atoms with van der Waals surface area (Å²) in [7, 11) is -7.17. The highest BCUT2D eigenvalue weighted by molar-refractivity contribution is 7.92. The maximum absolute atomic E-state index is 11.8. The van der Waals surface area contributed by atoms with E-state index >= 15 is 0 Å². The quantitative estimate of drug-likeness (QED) is 0.0764. The topological polar surface area (TPSA) is 223 Å². The lowest BCUT2D eigenvalue weighted by atomic mass is 9.61. The summed E-state index contributed by atoms with van der Waals surface area (Å²) in [6.45, 7) is 4.39. The Morgan fingerprint density at radius 1 is 0.562 bits per heavy atom. The van der Waals surface area contributed by atoms with Crippen LogP contribution in [0.25, 0.3) is 44.3 Å². The molecule has 0 aliphatic heterocycles. The molecule has 8 rings (SSSR count). The van der Waals surface area contributed by atoms with E-state index in [0.29, 0.717) is 39.6 Å². The number of nitrogens with zero attached hydrogens (tertiary/aromatic N) is 7. The molecule has 2 N–H and O–H groups in total. The molecule has 0 saturated heterocycles. The molecular formula is C52H43Cl4N9O6S2. The van der Waals surface area contributed by atoms with Crippen molar-refractivity contribution in [2.24, 2.45) is 0 Å². The van der Waals surface area contributed by atoms with Crippen molar-refractivity contribution < 1.29 is 26.3 Å². The molecule has 372 valence electrons. The number of halogens is 4. The number of rotatable bonds is 18. The summed E-state index contributed by atoms with van der Waals surface area (Å²) in [5.41, 5.74) is 6.81. The Morgan fingerprint density at radius 3 is 1.47 bits per heavy atom. The van der Waals surface area contributed by atoms with Crippen LogP contribution in [0.3, 0.4) is 0 Å². The van der Waals surface area contributed by atoms with E-state index in [2.05, 4.69) is 60.6 Å². The molecule has 0 bridgehead atoms. The van der Waals surface area contributed by atoms with Crippen molar-refractivity contribution in [3.05, 3.63) is 159 Å². The van der Waals surface area contributed by atoms with Crippen LogP contribution < -0.4 is 18.9 Å². The highest BCUT2D eigenvalue weighted by Crippen LogP contribution is 2.50. The van der Waals surface area contributed by atoms with E-state index in [9.17, 15) is 27.4 Å². The molecule has 15 nitrogen and oxygen atoms in total. The van der Waals surface area contributed by atoms with Gasteiger partial charge in [-0.1, -0.05) is 97.7 Å². The average molecular weight is 1100 g/mol. The van der Waals surface area contributed by atoms with Crippen molar-refractivity contribution in [2.75, 3.05) is 46.9 Å². The first-order valence-corrected chi connectivity index (χ1v) is 27.8. The molecule has 0 saturated carbocycles. The molecule has 2 heterocycles. The zero-order chi connectivity index (χ0) is 52.3. The van der Waals surface area contributed by atoms with Gasteiger partial charge in [-0.2, -0.15) is 10.5 Å². The zero-order valence-electron chi connectivity index (χ0n) is 39.4. The number of fused-ring (bicyclic) bond motifs is 2. The summed E-state index contributed by atoms with van der Waals surface area (Å²) in [5.74, 6) is 0.739. The molecule has 2 atom stereocenters. The summed E-state index contributed by atoms with van der Waals surface area (Å²) in [5, 5.41) is 29.7. The number of hydrogen-bond acceptors (Lipinski definition) is 13. The van der Waals surface area contributed by atoms with Crippen molar-refractivity contribution >= 4 is 100 Å². The van der Waals surface area contributed by atoms with Gasteiger partial charge in [0.05, 0.1) is 68.2 Å². The largest absolute Gasteiger partial charge is 0.489 e. The first kappa shape index (κ1) is 52.5. The van der Waals surface area contributed by atoms with Crippen LogP contribution in [-0.2, 0) is 30.9 Å². The molecule has 6 aromatic carbocycles. The fourth-order valence-corrected chi connectivity index (χ4v) is 10.4. The summed E-state index contributed by atoms with van der Waals surface area (Å²) >= 11 is 26.0. The number of benzene rings is 6. The second-order valence-electron chi connectivity index (χ2n) is 17.5. The van der Waals surface area contributed by atoms with Gasteiger partial charge in [0, 0.05) is 10.8 Å². The van der Waals surface area contributed by atoms with Crippen LogP contribution in [0.2, 0.25) is 10.0 Å². The van der Waals surface area contributed by atoms with Gasteiger partial charge in [-0.15, -0.1) is 33.4 Å². The lowest BCUT2D eigenvalue weighted by molar-refractivity contribution is 0.340. The minimum Gasteiger partial charge on any atom is -0.489 e. The number of aromatic nitrogens is 5. The minimum atomic E-state index is -3.62. The average Bonchev–Trinajstić information content (AvgIpc) is 3.36. The maximum atomic E-state index is 11.8. The third-order valence-electron chi connectivity index (χ3n) is 12.2. The number of nitrogens with one attached hydrogen (secondary N) is 2. The van der Waals surface area contributed by atoms with Crippen LogP contribution in [0.1, 0.15) is 53.6 Å². The molecule has 0 aliphatic rings. The van der Waals surface area contributed by atoms with Crippen LogP contribution in [0, 0.1) is 22.7 Å². The Morgan fingerprint density at radius 2 is 1.01 bits per heavy atom. The molecule has 0 radical (unpaired) electrons. The molecule has 0 spiro atoms. The summed E-state index contributed by atoms with van der Waals surface area (Å²) in [6, 6.07) is 38.5. The molecule has 73 heavy (non-hydrogen) atoms. The van der Waals surface area contributed by atoms with Crippen LogP contribution in [-0.4, -0.2) is 79.5 Å². The Bertz CT molecular complexity index is 3500. The highest BCUT2D eigenvalue weighted by Gasteiger charge is 2.42. The second-order valence-corrected chi connectivity index (χ2v) is 22.6. The molecule has 0 aliphatic carbocycles. The second kappa shape index (κ2) is 21.3. The molecule has 2 aromatic heterocycles. The summed E-state index contributed by atoms with van der Waals surface area (Å²) < 4.78 is 63.7. The Balaban J connectivity index is 1.27. The van der Waals surface area contributed by atoms with Crippen molar-refractivity contribution in [3.63, 3.8) is 0 Å². The molecule has 0 fully saturated rings. The van der Waals surface area contributed by atoms with Crippen LogP contribution in [0.5, 0.6) is 11.5 Å². The maximum Gasteiger partial charge on any atom is 0.256 e. The van der Waals surface area contributed by atoms with Crippen molar-refractivity contribution in [2.45, 2.75) is 31.1 Å². The highest BCUT2D eigenvalue weighted by atomic mass is 35.5. The fraction of sp³-hybridized carbons (Fsp3) is 0.212. The number of ether oxygens (including phenoxy) is 2. The van der Waals surface area contributed by atoms with Crippen molar-refractivity contribution in [3.8, 4) is 45.9 Å². The van der Waals surface area contributed by atoms with Crippen LogP contribution in [0.4, 0.5) is 11.8 Å². The predicted molar refractivity (Wildman–Crippen MR) is 287 cm³/mol. The van der Waals surface area contributed by atoms with Crippen molar-refractivity contribution in [1.29, 1.82) is 10.5 Å². The standard InChI is InChI=1S/C52H43Cl4N9O6S2/c1-51(39-21-35(27-57)48(41(55)25-39)70-19-17-53,37-11-5-31(6-12-37)33-9-15-43-45(23-33)59-29-47(60-43)64-72(3,66)67)30-52(2,40-22-36(28-58)49(42(56)26-40)71-20-18-54)38-13-7-32(8-14-38)34-10-16-44-46(24-34)62-63-50(61-44)65-73(4,68)69/h5-16,21-26,29H,17-20,30H2,1-4H3,(H,60,64)(H,61,63,65). The van der Waals surface area contributed by atoms with Crippen LogP contribution in [0.15, 0.2) is 115 Å². The van der Waals surface area contributed by atoms with Gasteiger partial charge >= 0.3 is 0 Å². The summed E-state index contributed by atoms with van der Waals surface area (Å²) in [6.07, 6.45) is 3.72. The zero-order valence-corrected chi connectivity index (χ0v) is 44.1. The summed E-state index contributed by atoms with van der Waals surface area (Å²) in [4.78, 5) is 13.2. The van der Waals surface area contributed by atoms with E-state index in [1.165, 1.54) is 6.20 Å². The lowest BCUT2D eigenvalue weighted by Gasteiger charge is -2.42. The normalized spacial score (nSPS) is 13.3. The van der Waals surface area contributed by atoms with Crippen molar-refractivity contribution in [1.82, 2.24) is 25.1 Å². The Hall–Kier alpha value is -6.83. The lowest BCUT2D eigenvalue weighted by Crippen LogP contribution is -2.36. The molecule has 21 heteroatoms. The van der Waals surface area contributed by atoms with Gasteiger partial charge in [0.1, 0.15) is 30.9 Å². The number of sulfonamides is 2. The Labute approximate surface area is 442 Å². The van der Waals surface area contributed by atoms with Gasteiger partial charge in [0.25, 0.3) is 5.95 Å². The smallest absolute Gasteiger partial charge is 0.256 e. The molecule has 2 unspecified atom stereocenters. The molecule has 8 aromatic rings. The monoisotopic (exact) mass is 1090 g/mol.